The highest BCUT2D eigenvalue weighted by Crippen LogP contribution is 2.25. The predicted molar refractivity (Wildman–Crippen MR) is 65.2 cm³/mol. The Hall–Kier alpha value is -0.480. The molecule has 2 unspecified atom stereocenters. The highest BCUT2D eigenvalue weighted by Gasteiger charge is 2.20. The second kappa shape index (κ2) is 5.56. The maximum absolute atomic E-state index is 4.18. The first-order valence-corrected chi connectivity index (χ1v) is 6.72. The van der Waals surface area contributed by atoms with Gasteiger partial charge in [-0.15, -0.1) is 0 Å². The largest absolute Gasteiger partial charge is 0.313 e. The zero-order valence-electron chi connectivity index (χ0n) is 9.22. The first-order valence-electron chi connectivity index (χ1n) is 5.67. The lowest BCUT2D eigenvalue weighted by Gasteiger charge is -2.11. The number of aryl methyl sites for hydroxylation is 1. The van der Waals surface area contributed by atoms with Crippen LogP contribution in [0.2, 0.25) is 0 Å². The SMILES string of the molecule is CC1CC(NCCCn2cccn2)CS1. The van der Waals surface area contributed by atoms with Crippen molar-refractivity contribution in [3.8, 4) is 0 Å². The molecule has 1 aliphatic heterocycles. The molecule has 1 aromatic heterocycles. The van der Waals surface area contributed by atoms with Crippen LogP contribution in [0.25, 0.3) is 0 Å². The first-order chi connectivity index (χ1) is 7.34. The van der Waals surface area contributed by atoms with Crippen LogP contribution in [0.5, 0.6) is 0 Å². The van der Waals surface area contributed by atoms with Crippen molar-refractivity contribution < 1.29 is 0 Å². The summed E-state index contributed by atoms with van der Waals surface area (Å²) in [6.45, 7) is 4.45. The fourth-order valence-electron chi connectivity index (χ4n) is 1.94. The van der Waals surface area contributed by atoms with Crippen LogP contribution < -0.4 is 5.32 Å². The Morgan fingerprint density at radius 3 is 3.20 bits per heavy atom. The van der Waals surface area contributed by atoms with E-state index in [0.29, 0.717) is 0 Å². The minimum Gasteiger partial charge on any atom is -0.313 e. The van der Waals surface area contributed by atoms with E-state index in [2.05, 4.69) is 29.1 Å². The number of hydrogen-bond donors (Lipinski definition) is 1. The predicted octanol–water partition coefficient (Wildman–Crippen LogP) is 1.76. The van der Waals surface area contributed by atoms with Crippen molar-refractivity contribution in [1.29, 1.82) is 0 Å². The van der Waals surface area contributed by atoms with Gasteiger partial charge in [0.15, 0.2) is 0 Å². The van der Waals surface area contributed by atoms with Crippen LogP contribution in [0.15, 0.2) is 18.5 Å². The van der Waals surface area contributed by atoms with Crippen LogP contribution in [0.1, 0.15) is 19.8 Å². The Balaban J connectivity index is 1.55. The molecule has 2 heterocycles. The molecule has 0 amide bonds. The molecular weight excluding hydrogens is 206 g/mol. The third kappa shape index (κ3) is 3.54. The summed E-state index contributed by atoms with van der Waals surface area (Å²) in [6, 6.07) is 2.71. The second-order valence-electron chi connectivity index (χ2n) is 4.15. The number of thioether (sulfide) groups is 1. The average molecular weight is 225 g/mol. The molecule has 2 atom stereocenters. The van der Waals surface area contributed by atoms with Crippen molar-refractivity contribution in [2.45, 2.75) is 37.6 Å². The van der Waals surface area contributed by atoms with Crippen LogP contribution in [-0.4, -0.2) is 33.4 Å². The Morgan fingerprint density at radius 2 is 2.53 bits per heavy atom. The zero-order chi connectivity index (χ0) is 10.5. The lowest BCUT2D eigenvalue weighted by atomic mass is 10.2. The van der Waals surface area contributed by atoms with Gasteiger partial charge in [-0.25, -0.2) is 0 Å². The quantitative estimate of drug-likeness (QED) is 0.774. The topological polar surface area (TPSA) is 29.9 Å². The van der Waals surface area contributed by atoms with Gasteiger partial charge in [0.05, 0.1) is 0 Å². The minimum atomic E-state index is 0.739. The Bertz CT molecular complexity index is 273. The normalized spacial score (nSPS) is 25.9. The first kappa shape index (κ1) is 11.0. The Morgan fingerprint density at radius 1 is 1.60 bits per heavy atom. The number of nitrogens with zero attached hydrogens (tertiary/aromatic N) is 2. The highest BCUT2D eigenvalue weighted by molar-refractivity contribution is 8.00. The fourth-order valence-corrected chi connectivity index (χ4v) is 3.12. The molecule has 84 valence electrons. The van der Waals surface area contributed by atoms with E-state index in [1.165, 1.54) is 12.2 Å². The van der Waals surface area contributed by atoms with E-state index in [9.17, 15) is 0 Å². The third-order valence-corrected chi connectivity index (χ3v) is 4.11. The molecule has 1 aliphatic rings. The van der Waals surface area contributed by atoms with Gasteiger partial charge >= 0.3 is 0 Å². The number of aromatic nitrogens is 2. The molecule has 15 heavy (non-hydrogen) atoms. The molecule has 1 N–H and O–H groups in total. The van der Waals surface area contributed by atoms with E-state index < -0.39 is 0 Å². The number of hydrogen-bond acceptors (Lipinski definition) is 3. The van der Waals surface area contributed by atoms with E-state index in [4.69, 9.17) is 0 Å². The van der Waals surface area contributed by atoms with Gasteiger partial charge < -0.3 is 5.32 Å². The molecule has 1 aromatic rings. The van der Waals surface area contributed by atoms with E-state index >= 15 is 0 Å². The lowest BCUT2D eigenvalue weighted by Crippen LogP contribution is -2.30. The van der Waals surface area contributed by atoms with Crippen LogP contribution >= 0.6 is 11.8 Å². The van der Waals surface area contributed by atoms with Crippen molar-refractivity contribution in [1.82, 2.24) is 15.1 Å². The summed E-state index contributed by atoms with van der Waals surface area (Å²) in [5.41, 5.74) is 0. The summed E-state index contributed by atoms with van der Waals surface area (Å²) >= 11 is 2.08. The smallest absolute Gasteiger partial charge is 0.0489 e. The maximum atomic E-state index is 4.18. The summed E-state index contributed by atoms with van der Waals surface area (Å²) in [4.78, 5) is 0. The van der Waals surface area contributed by atoms with Gasteiger partial charge in [-0.1, -0.05) is 6.92 Å². The summed E-state index contributed by atoms with van der Waals surface area (Å²) in [6.07, 6.45) is 6.35. The average Bonchev–Trinajstić information content (AvgIpc) is 2.84. The summed E-state index contributed by atoms with van der Waals surface area (Å²) in [5.74, 6) is 1.28. The number of rotatable bonds is 5. The Labute approximate surface area is 95.6 Å². The van der Waals surface area contributed by atoms with Crippen molar-refractivity contribution in [3.63, 3.8) is 0 Å². The summed E-state index contributed by atoms with van der Waals surface area (Å²) in [7, 11) is 0. The summed E-state index contributed by atoms with van der Waals surface area (Å²) < 4.78 is 1.99. The van der Waals surface area contributed by atoms with Gasteiger partial charge in [-0.2, -0.15) is 16.9 Å². The zero-order valence-corrected chi connectivity index (χ0v) is 10.0. The molecule has 2 rings (SSSR count). The van der Waals surface area contributed by atoms with Crippen LogP contribution in [0, 0.1) is 0 Å². The second-order valence-corrected chi connectivity index (χ2v) is 5.62. The molecule has 0 saturated carbocycles. The van der Waals surface area contributed by atoms with E-state index in [1.807, 2.05) is 23.1 Å². The van der Waals surface area contributed by atoms with E-state index in [1.54, 1.807) is 0 Å². The van der Waals surface area contributed by atoms with Gasteiger partial charge in [-0.3, -0.25) is 4.68 Å². The van der Waals surface area contributed by atoms with Crippen LogP contribution in [-0.2, 0) is 6.54 Å². The molecule has 0 aliphatic carbocycles. The Kier molecular flexibility index (Phi) is 4.09. The van der Waals surface area contributed by atoms with Gasteiger partial charge in [-0.05, 0) is 25.5 Å². The molecule has 0 bridgehead atoms. The van der Waals surface area contributed by atoms with Gasteiger partial charge in [0.1, 0.15) is 0 Å². The van der Waals surface area contributed by atoms with Crippen molar-refractivity contribution in [3.05, 3.63) is 18.5 Å². The lowest BCUT2D eigenvalue weighted by molar-refractivity contribution is 0.492. The summed E-state index contributed by atoms with van der Waals surface area (Å²) in [5, 5.41) is 8.64. The van der Waals surface area contributed by atoms with Crippen LogP contribution in [0.4, 0.5) is 0 Å². The minimum absolute atomic E-state index is 0.739. The van der Waals surface area contributed by atoms with Crippen molar-refractivity contribution in [2.75, 3.05) is 12.3 Å². The number of nitrogens with one attached hydrogen (secondary N) is 1. The molecule has 0 radical (unpaired) electrons. The van der Waals surface area contributed by atoms with Crippen molar-refractivity contribution >= 4 is 11.8 Å². The standard InChI is InChI=1S/C11H19N3S/c1-10-8-11(9-15-10)12-4-2-6-14-7-3-5-13-14/h3,5,7,10-12H,2,4,6,8-9H2,1H3. The van der Waals surface area contributed by atoms with Gasteiger partial charge in [0, 0.05) is 36.0 Å². The maximum Gasteiger partial charge on any atom is 0.0489 e. The molecule has 0 spiro atoms. The van der Waals surface area contributed by atoms with E-state index in [0.717, 1.165) is 30.8 Å². The molecule has 0 aromatic carbocycles. The van der Waals surface area contributed by atoms with Gasteiger partial charge in [0.2, 0.25) is 0 Å². The third-order valence-electron chi connectivity index (χ3n) is 2.75. The highest BCUT2D eigenvalue weighted by atomic mass is 32.2. The van der Waals surface area contributed by atoms with Gasteiger partial charge in [0.25, 0.3) is 0 Å². The molecule has 4 heteroatoms. The molecule has 1 saturated heterocycles. The van der Waals surface area contributed by atoms with Crippen LogP contribution in [0.3, 0.4) is 0 Å². The van der Waals surface area contributed by atoms with Crippen molar-refractivity contribution in [2.24, 2.45) is 0 Å². The fraction of sp³-hybridized carbons (Fsp3) is 0.727. The molecular formula is C11H19N3S. The van der Waals surface area contributed by atoms with E-state index in [-0.39, 0.29) is 0 Å². The molecule has 1 fully saturated rings. The molecule has 3 nitrogen and oxygen atoms in total. The monoisotopic (exact) mass is 225 g/mol.